The fourth-order valence-corrected chi connectivity index (χ4v) is 1.07. The van der Waals surface area contributed by atoms with Crippen molar-refractivity contribution in [2.75, 3.05) is 27.2 Å². The molecule has 0 bridgehead atoms. The van der Waals surface area contributed by atoms with Crippen molar-refractivity contribution in [3.8, 4) is 0 Å². The van der Waals surface area contributed by atoms with Crippen molar-refractivity contribution >= 4 is 5.91 Å². The summed E-state index contributed by atoms with van der Waals surface area (Å²) < 4.78 is 0. The summed E-state index contributed by atoms with van der Waals surface area (Å²) in [5, 5.41) is 2.79. The monoisotopic (exact) mass is 208 g/mol. The lowest BCUT2D eigenvalue weighted by Gasteiger charge is -2.09. The molecule has 1 aromatic heterocycles. The van der Waals surface area contributed by atoms with Crippen LogP contribution in [0.15, 0.2) is 12.3 Å². The van der Waals surface area contributed by atoms with Crippen LogP contribution < -0.4 is 5.32 Å². The number of nitrogens with zero attached hydrogens (tertiary/aromatic N) is 3. The third-order valence-electron chi connectivity index (χ3n) is 1.85. The molecule has 0 aliphatic rings. The lowest BCUT2D eigenvalue weighted by Crippen LogP contribution is -2.31. The largest absolute Gasteiger partial charge is 0.349 e. The first-order chi connectivity index (χ1) is 7.09. The Balaban J connectivity index is 2.47. The molecular formula is C10H16N4O. The fourth-order valence-electron chi connectivity index (χ4n) is 1.07. The van der Waals surface area contributed by atoms with Gasteiger partial charge in [-0.15, -0.1) is 0 Å². The van der Waals surface area contributed by atoms with E-state index in [1.54, 1.807) is 19.2 Å². The second-order valence-corrected chi connectivity index (χ2v) is 3.55. The van der Waals surface area contributed by atoms with Gasteiger partial charge < -0.3 is 10.2 Å². The quantitative estimate of drug-likeness (QED) is 0.761. The van der Waals surface area contributed by atoms with Crippen molar-refractivity contribution in [3.63, 3.8) is 0 Å². The van der Waals surface area contributed by atoms with Crippen molar-refractivity contribution in [1.82, 2.24) is 20.2 Å². The fraction of sp³-hybridized carbons (Fsp3) is 0.500. The molecule has 1 amide bonds. The molecule has 0 spiro atoms. The van der Waals surface area contributed by atoms with Crippen molar-refractivity contribution in [3.05, 3.63) is 23.8 Å². The summed E-state index contributed by atoms with van der Waals surface area (Å²) in [5.74, 6) is 0.456. The van der Waals surface area contributed by atoms with Gasteiger partial charge >= 0.3 is 0 Å². The second kappa shape index (κ2) is 5.41. The Kier molecular flexibility index (Phi) is 4.17. The molecule has 5 nitrogen and oxygen atoms in total. The van der Waals surface area contributed by atoms with Gasteiger partial charge in [0.1, 0.15) is 11.5 Å². The Morgan fingerprint density at radius 2 is 2.27 bits per heavy atom. The number of aryl methyl sites for hydroxylation is 1. The van der Waals surface area contributed by atoms with Gasteiger partial charge in [-0.05, 0) is 27.1 Å². The Morgan fingerprint density at radius 3 is 2.87 bits per heavy atom. The molecule has 82 valence electrons. The van der Waals surface area contributed by atoms with Crippen LogP contribution in [0.5, 0.6) is 0 Å². The predicted molar refractivity (Wildman–Crippen MR) is 57.7 cm³/mol. The van der Waals surface area contributed by atoms with Crippen molar-refractivity contribution in [1.29, 1.82) is 0 Å². The summed E-state index contributed by atoms with van der Waals surface area (Å²) >= 11 is 0. The summed E-state index contributed by atoms with van der Waals surface area (Å²) in [6, 6.07) is 1.61. The molecule has 5 heteroatoms. The number of likely N-dealkylation sites (N-methyl/N-ethyl adjacent to an activating group) is 1. The van der Waals surface area contributed by atoms with Crippen LogP contribution in [0.1, 0.15) is 16.3 Å². The van der Waals surface area contributed by atoms with E-state index in [0.717, 1.165) is 6.54 Å². The molecule has 0 aliphatic heterocycles. The van der Waals surface area contributed by atoms with Gasteiger partial charge in [-0.1, -0.05) is 0 Å². The highest BCUT2D eigenvalue weighted by Crippen LogP contribution is 1.93. The van der Waals surface area contributed by atoms with Gasteiger partial charge in [-0.25, -0.2) is 9.97 Å². The van der Waals surface area contributed by atoms with Crippen LogP contribution in [0.3, 0.4) is 0 Å². The zero-order valence-electron chi connectivity index (χ0n) is 9.32. The zero-order chi connectivity index (χ0) is 11.3. The molecule has 0 atom stereocenters. The van der Waals surface area contributed by atoms with E-state index in [-0.39, 0.29) is 5.91 Å². The van der Waals surface area contributed by atoms with Gasteiger partial charge in [0.15, 0.2) is 0 Å². The maximum Gasteiger partial charge on any atom is 0.270 e. The van der Waals surface area contributed by atoms with Crippen molar-refractivity contribution in [2.24, 2.45) is 0 Å². The van der Waals surface area contributed by atoms with E-state index < -0.39 is 0 Å². The molecule has 0 aliphatic carbocycles. The molecule has 0 saturated heterocycles. The maximum absolute atomic E-state index is 11.6. The highest BCUT2D eigenvalue weighted by atomic mass is 16.1. The molecule has 1 heterocycles. The number of carbonyl (C=O) groups excluding carboxylic acids is 1. The minimum atomic E-state index is -0.151. The van der Waals surface area contributed by atoms with E-state index in [1.165, 1.54) is 0 Å². The van der Waals surface area contributed by atoms with Gasteiger partial charge in [0.05, 0.1) is 0 Å². The second-order valence-electron chi connectivity index (χ2n) is 3.55. The third kappa shape index (κ3) is 4.03. The SMILES string of the molecule is Cc1nccc(C(=O)NCCN(C)C)n1. The Bertz CT molecular complexity index is 338. The average Bonchev–Trinajstić information content (AvgIpc) is 2.17. The number of hydrogen-bond donors (Lipinski definition) is 1. The maximum atomic E-state index is 11.6. The van der Waals surface area contributed by atoms with Crippen molar-refractivity contribution < 1.29 is 4.79 Å². The van der Waals surface area contributed by atoms with E-state index >= 15 is 0 Å². The normalized spacial score (nSPS) is 10.4. The van der Waals surface area contributed by atoms with E-state index in [4.69, 9.17) is 0 Å². The first kappa shape index (κ1) is 11.6. The van der Waals surface area contributed by atoms with Crippen molar-refractivity contribution in [2.45, 2.75) is 6.92 Å². The average molecular weight is 208 g/mol. The molecule has 15 heavy (non-hydrogen) atoms. The molecule has 1 N–H and O–H groups in total. The topological polar surface area (TPSA) is 58.1 Å². The molecule has 0 fully saturated rings. The number of hydrogen-bond acceptors (Lipinski definition) is 4. The molecule has 1 aromatic rings. The Morgan fingerprint density at radius 1 is 1.53 bits per heavy atom. The zero-order valence-corrected chi connectivity index (χ0v) is 9.32. The Labute approximate surface area is 89.5 Å². The standard InChI is InChI=1S/C10H16N4O/c1-8-11-5-4-9(13-8)10(15)12-6-7-14(2)3/h4-5H,6-7H2,1-3H3,(H,12,15). The van der Waals surface area contributed by atoms with Gasteiger partial charge in [0.25, 0.3) is 5.91 Å². The molecule has 0 unspecified atom stereocenters. The van der Waals surface area contributed by atoms with E-state index in [0.29, 0.717) is 18.1 Å². The lowest BCUT2D eigenvalue weighted by atomic mass is 10.3. The van der Waals surface area contributed by atoms with Gasteiger partial charge in [-0.3, -0.25) is 4.79 Å². The third-order valence-corrected chi connectivity index (χ3v) is 1.85. The minimum absolute atomic E-state index is 0.151. The van der Waals surface area contributed by atoms with Crippen LogP contribution in [0, 0.1) is 6.92 Å². The highest BCUT2D eigenvalue weighted by Gasteiger charge is 2.06. The summed E-state index contributed by atoms with van der Waals surface area (Å²) in [6.45, 7) is 3.20. The van der Waals surface area contributed by atoms with Gasteiger partial charge in [0.2, 0.25) is 0 Å². The number of aromatic nitrogens is 2. The molecule has 0 saturated carbocycles. The molecule has 0 radical (unpaired) electrons. The van der Waals surface area contributed by atoms with Gasteiger partial charge in [-0.2, -0.15) is 0 Å². The number of carbonyl (C=O) groups is 1. The summed E-state index contributed by atoms with van der Waals surface area (Å²) in [4.78, 5) is 21.5. The van der Waals surface area contributed by atoms with Crippen LogP contribution in [0.4, 0.5) is 0 Å². The first-order valence-corrected chi connectivity index (χ1v) is 4.82. The number of nitrogens with one attached hydrogen (secondary N) is 1. The summed E-state index contributed by atoms with van der Waals surface area (Å²) in [7, 11) is 3.92. The predicted octanol–water partition coefficient (Wildman–Crippen LogP) is 0.0764. The molecule has 0 aromatic carbocycles. The molecular weight excluding hydrogens is 192 g/mol. The van der Waals surface area contributed by atoms with E-state index in [1.807, 2.05) is 19.0 Å². The first-order valence-electron chi connectivity index (χ1n) is 4.82. The van der Waals surface area contributed by atoms with Crippen LogP contribution in [-0.2, 0) is 0 Å². The smallest absolute Gasteiger partial charge is 0.270 e. The summed E-state index contributed by atoms with van der Waals surface area (Å²) in [6.07, 6.45) is 1.59. The van der Waals surface area contributed by atoms with Crippen LogP contribution in [0.2, 0.25) is 0 Å². The van der Waals surface area contributed by atoms with Crippen LogP contribution >= 0.6 is 0 Å². The lowest BCUT2D eigenvalue weighted by molar-refractivity contribution is 0.0945. The van der Waals surface area contributed by atoms with E-state index in [2.05, 4.69) is 15.3 Å². The minimum Gasteiger partial charge on any atom is -0.349 e. The summed E-state index contributed by atoms with van der Waals surface area (Å²) in [5.41, 5.74) is 0.418. The van der Waals surface area contributed by atoms with Crippen LogP contribution in [-0.4, -0.2) is 48.0 Å². The van der Waals surface area contributed by atoms with Crippen LogP contribution in [0.25, 0.3) is 0 Å². The van der Waals surface area contributed by atoms with Gasteiger partial charge in [0, 0.05) is 19.3 Å². The Hall–Kier alpha value is -1.49. The number of rotatable bonds is 4. The number of amides is 1. The highest BCUT2D eigenvalue weighted by molar-refractivity contribution is 5.92. The van der Waals surface area contributed by atoms with E-state index in [9.17, 15) is 4.79 Å². The molecule has 1 rings (SSSR count).